The monoisotopic (exact) mass is 574 g/mol. The average molecular weight is 574 g/mol. The summed E-state index contributed by atoms with van der Waals surface area (Å²) in [5, 5.41) is 17.8. The molecule has 176 valence electrons. The van der Waals surface area contributed by atoms with E-state index < -0.39 is 4.92 Å². The van der Waals surface area contributed by atoms with Crippen LogP contribution in [0.3, 0.4) is 0 Å². The molecule has 0 radical (unpaired) electrons. The third-order valence-corrected chi connectivity index (χ3v) is 5.49. The molecule has 0 spiro atoms. The fourth-order valence-corrected chi connectivity index (χ4v) is 3.68. The second-order valence-electron chi connectivity index (χ2n) is 7.26. The minimum atomic E-state index is -0.445. The first kappa shape index (κ1) is 25.0. The van der Waals surface area contributed by atoms with E-state index in [0.29, 0.717) is 11.5 Å². The Morgan fingerprint density at radius 1 is 1.15 bits per heavy atom. The summed E-state index contributed by atoms with van der Waals surface area (Å²) in [5.74, 6) is 0.772. The number of nitro groups is 1. The number of aryl methyl sites for hydroxylation is 1. The lowest BCUT2D eigenvalue weighted by Crippen LogP contribution is -2.25. The fraction of sp³-hybridized carbons (Fsp3) is 0.167. The van der Waals surface area contributed by atoms with Crippen LogP contribution in [0.2, 0.25) is 0 Å². The molecule has 34 heavy (non-hydrogen) atoms. The number of halogens is 1. The first-order chi connectivity index (χ1) is 16.4. The average Bonchev–Trinajstić information content (AvgIpc) is 2.83. The number of ether oxygens (including phenoxy) is 2. The number of nitro benzene ring substituents is 1. The number of carbonyl (C=O) groups is 1. The second-order valence-corrected chi connectivity index (χ2v) is 8.42. The summed E-state index contributed by atoms with van der Waals surface area (Å²) in [6.45, 7) is 2.32. The second kappa shape index (κ2) is 12.0. The molecule has 0 fully saturated rings. The number of hydrazone groups is 1. The Hall–Kier alpha value is -3.67. The van der Waals surface area contributed by atoms with Crippen LogP contribution in [0.5, 0.6) is 11.5 Å². The Morgan fingerprint density at radius 3 is 2.50 bits per heavy atom. The van der Waals surface area contributed by atoms with Crippen molar-refractivity contribution in [2.75, 3.05) is 19.0 Å². The zero-order valence-corrected chi connectivity index (χ0v) is 20.7. The molecule has 2 N–H and O–H groups in total. The molecule has 0 aliphatic carbocycles. The number of amides is 1. The third-order valence-electron chi connectivity index (χ3n) is 4.69. The Kier molecular flexibility index (Phi) is 8.79. The van der Waals surface area contributed by atoms with Gasteiger partial charge in [0.25, 0.3) is 11.6 Å². The van der Waals surface area contributed by atoms with Crippen molar-refractivity contribution in [2.24, 2.45) is 5.10 Å². The van der Waals surface area contributed by atoms with Gasteiger partial charge in [-0.25, -0.2) is 5.43 Å². The third kappa shape index (κ3) is 7.17. The number of methoxy groups -OCH3 is 1. The maximum Gasteiger partial charge on any atom is 0.269 e. The molecule has 0 atom stereocenters. The molecule has 3 aromatic rings. The van der Waals surface area contributed by atoms with E-state index >= 15 is 0 Å². The highest BCUT2D eigenvalue weighted by Crippen LogP contribution is 2.34. The highest BCUT2D eigenvalue weighted by Gasteiger charge is 2.12. The van der Waals surface area contributed by atoms with E-state index in [2.05, 4.69) is 38.4 Å². The van der Waals surface area contributed by atoms with Crippen LogP contribution in [-0.2, 0) is 11.4 Å². The SMILES string of the molecule is COc1cc(/C=N\NC(=O)CNc2ccc(C)cc2)cc(I)c1OCc1ccc([N+](=O)[O-])cc1. The summed E-state index contributed by atoms with van der Waals surface area (Å²) < 4.78 is 12.1. The van der Waals surface area contributed by atoms with Gasteiger partial charge in [0, 0.05) is 17.8 Å². The molecule has 0 unspecified atom stereocenters. The van der Waals surface area contributed by atoms with Crippen LogP contribution in [0.25, 0.3) is 0 Å². The van der Waals surface area contributed by atoms with Gasteiger partial charge in [-0.3, -0.25) is 14.9 Å². The number of carbonyl (C=O) groups excluding carboxylic acids is 1. The molecule has 10 heteroatoms. The van der Waals surface area contributed by atoms with Crippen molar-refractivity contribution in [3.63, 3.8) is 0 Å². The largest absolute Gasteiger partial charge is 0.493 e. The molecule has 0 heterocycles. The molecule has 0 bridgehead atoms. The first-order valence-corrected chi connectivity index (χ1v) is 11.3. The smallest absolute Gasteiger partial charge is 0.269 e. The normalized spacial score (nSPS) is 10.7. The van der Waals surface area contributed by atoms with E-state index in [0.717, 1.165) is 25.9 Å². The van der Waals surface area contributed by atoms with Crippen LogP contribution >= 0.6 is 22.6 Å². The van der Waals surface area contributed by atoms with Crippen LogP contribution < -0.4 is 20.2 Å². The van der Waals surface area contributed by atoms with Crippen LogP contribution in [-0.4, -0.2) is 30.7 Å². The van der Waals surface area contributed by atoms with Gasteiger partial charge in [-0.2, -0.15) is 5.10 Å². The quantitative estimate of drug-likeness (QED) is 0.158. The Labute approximate surface area is 210 Å². The zero-order valence-electron chi connectivity index (χ0n) is 18.6. The van der Waals surface area contributed by atoms with E-state index in [-0.39, 0.29) is 24.7 Å². The molecule has 0 saturated heterocycles. The Bertz CT molecular complexity index is 1180. The standard InChI is InChI=1S/C24H23IN4O5/c1-16-3-7-19(8-4-16)26-14-23(30)28-27-13-18-11-21(25)24(22(12-18)33-2)34-15-17-5-9-20(10-6-17)29(31)32/h3-13,26H,14-15H2,1-2H3,(H,28,30)/b27-13-. The van der Waals surface area contributed by atoms with Crippen molar-refractivity contribution in [2.45, 2.75) is 13.5 Å². The van der Waals surface area contributed by atoms with Crippen molar-refractivity contribution < 1.29 is 19.2 Å². The Balaban J connectivity index is 1.57. The summed E-state index contributed by atoms with van der Waals surface area (Å²) in [7, 11) is 1.53. The van der Waals surface area contributed by atoms with Gasteiger partial charge in [0.1, 0.15) is 6.61 Å². The van der Waals surface area contributed by atoms with E-state index in [9.17, 15) is 14.9 Å². The van der Waals surface area contributed by atoms with Crippen LogP contribution in [0.15, 0.2) is 65.8 Å². The summed E-state index contributed by atoms with van der Waals surface area (Å²) in [6.07, 6.45) is 1.52. The number of rotatable bonds is 10. The number of non-ortho nitro benzene ring substituents is 1. The summed E-state index contributed by atoms with van der Waals surface area (Å²) >= 11 is 2.13. The number of benzene rings is 3. The molecule has 0 aromatic heterocycles. The topological polar surface area (TPSA) is 115 Å². The number of hydrogen-bond acceptors (Lipinski definition) is 7. The minimum absolute atomic E-state index is 0.0255. The summed E-state index contributed by atoms with van der Waals surface area (Å²) in [4.78, 5) is 22.4. The van der Waals surface area contributed by atoms with Gasteiger partial charge in [-0.1, -0.05) is 17.7 Å². The maximum absolute atomic E-state index is 12.0. The van der Waals surface area contributed by atoms with Crippen molar-refractivity contribution in [3.05, 3.63) is 91.0 Å². The summed E-state index contributed by atoms with van der Waals surface area (Å²) in [5.41, 5.74) is 6.02. The van der Waals surface area contributed by atoms with Crippen molar-refractivity contribution in [1.29, 1.82) is 0 Å². The van der Waals surface area contributed by atoms with Gasteiger partial charge in [0.05, 0.1) is 28.4 Å². The van der Waals surface area contributed by atoms with Gasteiger partial charge in [0.2, 0.25) is 0 Å². The molecule has 0 aliphatic heterocycles. The molecular formula is C24H23IN4O5. The van der Waals surface area contributed by atoms with E-state index in [1.165, 1.54) is 25.5 Å². The molecule has 0 aliphatic rings. The van der Waals surface area contributed by atoms with Gasteiger partial charge < -0.3 is 14.8 Å². The fourth-order valence-electron chi connectivity index (χ4n) is 2.90. The molecule has 0 saturated carbocycles. The van der Waals surface area contributed by atoms with E-state index in [1.807, 2.05) is 37.3 Å². The molecular weight excluding hydrogens is 551 g/mol. The predicted molar refractivity (Wildman–Crippen MR) is 139 cm³/mol. The number of nitrogens with zero attached hydrogens (tertiary/aromatic N) is 2. The van der Waals surface area contributed by atoms with E-state index in [1.54, 1.807) is 18.2 Å². The van der Waals surface area contributed by atoms with Crippen LogP contribution in [0, 0.1) is 20.6 Å². The highest BCUT2D eigenvalue weighted by atomic mass is 127. The van der Waals surface area contributed by atoms with Gasteiger partial charge in [-0.15, -0.1) is 0 Å². The van der Waals surface area contributed by atoms with Gasteiger partial charge in [-0.05, 0) is 77.0 Å². The lowest BCUT2D eigenvalue weighted by molar-refractivity contribution is -0.384. The predicted octanol–water partition coefficient (Wildman–Crippen LogP) is 4.66. The van der Waals surface area contributed by atoms with Crippen LogP contribution in [0.4, 0.5) is 11.4 Å². The van der Waals surface area contributed by atoms with Gasteiger partial charge >= 0.3 is 0 Å². The molecule has 9 nitrogen and oxygen atoms in total. The van der Waals surface area contributed by atoms with Crippen LogP contribution in [0.1, 0.15) is 16.7 Å². The van der Waals surface area contributed by atoms with E-state index in [4.69, 9.17) is 9.47 Å². The lowest BCUT2D eigenvalue weighted by Gasteiger charge is -2.13. The summed E-state index contributed by atoms with van der Waals surface area (Å²) in [6, 6.07) is 17.5. The Morgan fingerprint density at radius 2 is 1.85 bits per heavy atom. The number of anilines is 1. The molecule has 3 rings (SSSR count). The zero-order chi connectivity index (χ0) is 24.5. The van der Waals surface area contributed by atoms with Crippen molar-refractivity contribution in [1.82, 2.24) is 5.43 Å². The highest BCUT2D eigenvalue weighted by molar-refractivity contribution is 14.1. The molecule has 3 aromatic carbocycles. The van der Waals surface area contributed by atoms with Crippen molar-refractivity contribution >= 4 is 46.1 Å². The first-order valence-electron chi connectivity index (χ1n) is 10.2. The maximum atomic E-state index is 12.0. The van der Waals surface area contributed by atoms with Crippen molar-refractivity contribution in [3.8, 4) is 11.5 Å². The minimum Gasteiger partial charge on any atom is -0.493 e. The van der Waals surface area contributed by atoms with Gasteiger partial charge in [0.15, 0.2) is 11.5 Å². The lowest BCUT2D eigenvalue weighted by atomic mass is 10.2. The number of hydrogen-bond donors (Lipinski definition) is 2. The molecule has 1 amide bonds. The number of nitrogens with one attached hydrogen (secondary N) is 2.